The number of nitrogens with zero attached hydrogens (tertiary/aromatic N) is 1. The number of hydrogen-bond donors (Lipinski definition) is 2. The van der Waals surface area contributed by atoms with Gasteiger partial charge in [-0.05, 0) is 18.6 Å². The highest BCUT2D eigenvalue weighted by atomic mass is 16.2. The Morgan fingerprint density at radius 1 is 1.26 bits per heavy atom. The van der Waals surface area contributed by atoms with Crippen molar-refractivity contribution in [3.05, 3.63) is 36.0 Å². The molecule has 1 aromatic heterocycles. The summed E-state index contributed by atoms with van der Waals surface area (Å²) in [5, 5.41) is 3.78. The van der Waals surface area contributed by atoms with E-state index < -0.39 is 0 Å². The van der Waals surface area contributed by atoms with Gasteiger partial charge in [0.05, 0.1) is 17.6 Å². The fourth-order valence-corrected chi connectivity index (χ4v) is 2.41. The summed E-state index contributed by atoms with van der Waals surface area (Å²) in [4.78, 5) is 28.8. The average Bonchev–Trinajstić information content (AvgIpc) is 2.79. The van der Waals surface area contributed by atoms with Gasteiger partial charge in [0.15, 0.2) is 0 Å². The molecule has 0 unspecified atom stereocenters. The lowest BCUT2D eigenvalue weighted by Crippen LogP contribution is -2.37. The number of para-hydroxylation sites is 1. The van der Waals surface area contributed by atoms with Crippen LogP contribution in [0, 0.1) is 0 Å². The predicted octanol–water partition coefficient (Wildman–Crippen LogP) is 1.13. The topological polar surface area (TPSA) is 65.2 Å². The van der Waals surface area contributed by atoms with E-state index in [-0.39, 0.29) is 18.4 Å². The van der Waals surface area contributed by atoms with Crippen LogP contribution in [0.15, 0.2) is 30.5 Å². The van der Waals surface area contributed by atoms with Gasteiger partial charge in [0, 0.05) is 24.7 Å². The fraction of sp³-hybridized carbons (Fsp3) is 0.286. The molecule has 0 radical (unpaired) electrons. The van der Waals surface area contributed by atoms with E-state index in [1.165, 1.54) is 0 Å². The molecule has 1 aliphatic rings. The lowest BCUT2D eigenvalue weighted by atomic mass is 10.1. The Morgan fingerprint density at radius 2 is 2.16 bits per heavy atom. The van der Waals surface area contributed by atoms with E-state index in [9.17, 15) is 9.59 Å². The van der Waals surface area contributed by atoms with Gasteiger partial charge in [0.2, 0.25) is 5.91 Å². The molecule has 1 fully saturated rings. The van der Waals surface area contributed by atoms with Gasteiger partial charge >= 0.3 is 0 Å². The van der Waals surface area contributed by atoms with Crippen LogP contribution in [0.25, 0.3) is 10.9 Å². The third-order valence-corrected chi connectivity index (χ3v) is 3.37. The van der Waals surface area contributed by atoms with Crippen LogP contribution in [0.4, 0.5) is 0 Å². The molecule has 0 bridgehead atoms. The first-order valence-electron chi connectivity index (χ1n) is 6.38. The van der Waals surface area contributed by atoms with Crippen molar-refractivity contribution in [2.75, 3.05) is 19.6 Å². The monoisotopic (exact) mass is 257 g/mol. The van der Waals surface area contributed by atoms with Gasteiger partial charge in [-0.25, -0.2) is 0 Å². The van der Waals surface area contributed by atoms with Crippen molar-refractivity contribution < 1.29 is 9.59 Å². The average molecular weight is 257 g/mol. The second-order valence-electron chi connectivity index (χ2n) is 4.68. The summed E-state index contributed by atoms with van der Waals surface area (Å²) >= 11 is 0. The third kappa shape index (κ3) is 2.19. The molecular weight excluding hydrogens is 242 g/mol. The van der Waals surface area contributed by atoms with E-state index >= 15 is 0 Å². The smallest absolute Gasteiger partial charge is 0.256 e. The molecule has 1 aromatic carbocycles. The maximum absolute atomic E-state index is 12.5. The second-order valence-corrected chi connectivity index (χ2v) is 4.68. The van der Waals surface area contributed by atoms with Gasteiger partial charge in [-0.15, -0.1) is 0 Å². The van der Waals surface area contributed by atoms with Gasteiger partial charge in [0.25, 0.3) is 5.91 Å². The van der Waals surface area contributed by atoms with E-state index in [0.29, 0.717) is 18.7 Å². The quantitative estimate of drug-likeness (QED) is 0.804. The lowest BCUT2D eigenvalue weighted by molar-refractivity contribution is -0.121. The van der Waals surface area contributed by atoms with Crippen molar-refractivity contribution in [3.8, 4) is 0 Å². The van der Waals surface area contributed by atoms with E-state index in [4.69, 9.17) is 0 Å². The first kappa shape index (κ1) is 11.8. The van der Waals surface area contributed by atoms with Crippen molar-refractivity contribution >= 4 is 22.7 Å². The van der Waals surface area contributed by atoms with Crippen LogP contribution in [0.2, 0.25) is 0 Å². The van der Waals surface area contributed by atoms with Crippen LogP contribution in [0.1, 0.15) is 16.8 Å². The van der Waals surface area contributed by atoms with Gasteiger partial charge in [-0.1, -0.05) is 12.1 Å². The highest BCUT2D eigenvalue weighted by molar-refractivity contribution is 6.06. The van der Waals surface area contributed by atoms with Crippen LogP contribution in [-0.2, 0) is 4.79 Å². The Balaban J connectivity index is 1.94. The number of amides is 2. The highest BCUT2D eigenvalue weighted by Crippen LogP contribution is 2.19. The number of nitrogens with one attached hydrogen (secondary N) is 2. The number of rotatable bonds is 1. The summed E-state index contributed by atoms with van der Waals surface area (Å²) in [5.74, 6) is -0.186. The molecule has 5 heteroatoms. The van der Waals surface area contributed by atoms with Crippen molar-refractivity contribution in [1.82, 2.24) is 15.2 Å². The zero-order valence-corrected chi connectivity index (χ0v) is 10.5. The first-order chi connectivity index (χ1) is 9.25. The van der Waals surface area contributed by atoms with E-state index in [2.05, 4.69) is 10.3 Å². The van der Waals surface area contributed by atoms with Gasteiger partial charge < -0.3 is 15.2 Å². The third-order valence-electron chi connectivity index (χ3n) is 3.37. The normalized spacial score (nSPS) is 16.2. The van der Waals surface area contributed by atoms with Gasteiger partial charge in [-0.3, -0.25) is 9.59 Å². The van der Waals surface area contributed by atoms with Crippen LogP contribution in [-0.4, -0.2) is 41.3 Å². The number of fused-ring (bicyclic) bond motifs is 1. The SMILES string of the molecule is O=C1CN(C(=O)c2cccc3cc[nH]c23)CCCN1. The van der Waals surface area contributed by atoms with E-state index in [0.717, 1.165) is 17.3 Å². The molecule has 0 atom stereocenters. The molecule has 3 rings (SSSR count). The van der Waals surface area contributed by atoms with Crippen molar-refractivity contribution in [2.24, 2.45) is 0 Å². The second kappa shape index (κ2) is 4.76. The molecule has 0 spiro atoms. The molecule has 98 valence electrons. The summed E-state index contributed by atoms with van der Waals surface area (Å²) < 4.78 is 0. The van der Waals surface area contributed by atoms with Crippen LogP contribution in [0.3, 0.4) is 0 Å². The molecule has 1 aliphatic heterocycles. The maximum atomic E-state index is 12.5. The molecule has 0 aliphatic carbocycles. The summed E-state index contributed by atoms with van der Waals surface area (Å²) in [6.45, 7) is 1.37. The summed E-state index contributed by atoms with van der Waals surface area (Å²) in [7, 11) is 0. The minimum Gasteiger partial charge on any atom is -0.361 e. The van der Waals surface area contributed by atoms with Crippen LogP contribution >= 0.6 is 0 Å². The van der Waals surface area contributed by atoms with Crippen molar-refractivity contribution in [3.63, 3.8) is 0 Å². The maximum Gasteiger partial charge on any atom is 0.256 e. The summed E-state index contributed by atoms with van der Waals surface area (Å²) in [6, 6.07) is 7.55. The summed E-state index contributed by atoms with van der Waals surface area (Å²) in [6.07, 6.45) is 2.61. The molecular formula is C14H15N3O2. The zero-order valence-electron chi connectivity index (χ0n) is 10.5. The number of benzene rings is 1. The number of aromatic amines is 1. The Morgan fingerprint density at radius 3 is 3.05 bits per heavy atom. The molecule has 2 N–H and O–H groups in total. The molecule has 2 aromatic rings. The lowest BCUT2D eigenvalue weighted by Gasteiger charge is -2.19. The number of carbonyl (C=O) groups is 2. The fourth-order valence-electron chi connectivity index (χ4n) is 2.41. The van der Waals surface area contributed by atoms with Crippen LogP contribution < -0.4 is 5.32 Å². The summed E-state index contributed by atoms with van der Waals surface area (Å²) in [5.41, 5.74) is 1.45. The Hall–Kier alpha value is -2.30. The number of hydrogen-bond acceptors (Lipinski definition) is 2. The van der Waals surface area contributed by atoms with Crippen LogP contribution in [0.5, 0.6) is 0 Å². The number of aromatic nitrogens is 1. The highest BCUT2D eigenvalue weighted by Gasteiger charge is 2.22. The molecule has 2 heterocycles. The Kier molecular flexibility index (Phi) is 2.95. The first-order valence-corrected chi connectivity index (χ1v) is 6.38. The largest absolute Gasteiger partial charge is 0.361 e. The molecule has 1 saturated heterocycles. The molecule has 2 amide bonds. The van der Waals surface area contributed by atoms with E-state index in [1.54, 1.807) is 11.0 Å². The number of carbonyl (C=O) groups excluding carboxylic acids is 2. The minimum absolute atomic E-state index is 0.0925. The van der Waals surface area contributed by atoms with Crippen molar-refractivity contribution in [1.29, 1.82) is 0 Å². The zero-order chi connectivity index (χ0) is 13.2. The molecule has 5 nitrogen and oxygen atoms in total. The molecule has 19 heavy (non-hydrogen) atoms. The Labute approximate surface area is 110 Å². The minimum atomic E-state index is -0.0930. The molecule has 0 saturated carbocycles. The predicted molar refractivity (Wildman–Crippen MR) is 71.8 cm³/mol. The van der Waals surface area contributed by atoms with Crippen molar-refractivity contribution in [2.45, 2.75) is 6.42 Å². The van der Waals surface area contributed by atoms with Gasteiger partial charge in [0.1, 0.15) is 0 Å². The standard InChI is InChI=1S/C14H15N3O2/c18-12-9-17(8-2-6-15-12)14(19)11-4-1-3-10-5-7-16-13(10)11/h1,3-5,7,16H,2,6,8-9H2,(H,15,18). The van der Waals surface area contributed by atoms with Gasteiger partial charge in [-0.2, -0.15) is 0 Å². The number of H-pyrrole nitrogens is 1. The Bertz CT molecular complexity index is 632. The van der Waals surface area contributed by atoms with E-state index in [1.807, 2.05) is 24.4 Å².